The van der Waals surface area contributed by atoms with Crippen LogP contribution in [0.1, 0.15) is 5.56 Å². The van der Waals surface area contributed by atoms with Crippen molar-refractivity contribution in [1.29, 1.82) is 0 Å². The van der Waals surface area contributed by atoms with E-state index in [2.05, 4.69) is 26.1 Å². The Bertz CT molecular complexity index is 536. The fourth-order valence-electron chi connectivity index (χ4n) is 1.25. The van der Waals surface area contributed by atoms with E-state index in [1.807, 2.05) is 0 Å². The lowest BCUT2D eigenvalue weighted by Crippen LogP contribution is -2.02. The molecule has 1 aromatic carbocycles. The Labute approximate surface area is 112 Å². The molecule has 1 heterocycles. The largest absolute Gasteiger partial charge is 0.436 e. The minimum absolute atomic E-state index is 0.343. The number of hydrogen-bond donors (Lipinski definition) is 1. The highest BCUT2D eigenvalue weighted by Gasteiger charge is 2.08. The summed E-state index contributed by atoms with van der Waals surface area (Å²) >= 11 is 9.21. The van der Waals surface area contributed by atoms with E-state index >= 15 is 0 Å². The number of hydrogen-bond acceptors (Lipinski definition) is 4. The molecule has 0 bridgehead atoms. The predicted molar refractivity (Wildman–Crippen MR) is 69.1 cm³/mol. The standard InChI is InChI=1S/C11H9BrClN3O/c12-9-5-8(13)1-2-10(9)17-11-7(6-14)3-4-15-16-11/h1-5H,6,14H2. The summed E-state index contributed by atoms with van der Waals surface area (Å²) in [6.45, 7) is 0.343. The Morgan fingerprint density at radius 1 is 1.35 bits per heavy atom. The van der Waals surface area contributed by atoms with Crippen molar-refractivity contribution in [2.45, 2.75) is 6.54 Å². The van der Waals surface area contributed by atoms with Crippen molar-refractivity contribution in [3.63, 3.8) is 0 Å². The van der Waals surface area contributed by atoms with E-state index in [-0.39, 0.29) is 0 Å². The Morgan fingerprint density at radius 3 is 2.88 bits per heavy atom. The second-order valence-electron chi connectivity index (χ2n) is 3.24. The fraction of sp³-hybridized carbons (Fsp3) is 0.0909. The van der Waals surface area contributed by atoms with Crippen molar-refractivity contribution >= 4 is 27.5 Å². The van der Waals surface area contributed by atoms with Crippen LogP contribution < -0.4 is 10.5 Å². The molecule has 2 N–H and O–H groups in total. The molecule has 0 saturated carbocycles. The third kappa shape index (κ3) is 2.94. The minimum atomic E-state index is 0.343. The lowest BCUT2D eigenvalue weighted by Gasteiger charge is -2.09. The van der Waals surface area contributed by atoms with Crippen molar-refractivity contribution in [2.75, 3.05) is 0 Å². The van der Waals surface area contributed by atoms with Crippen LogP contribution in [0.2, 0.25) is 5.02 Å². The van der Waals surface area contributed by atoms with E-state index in [1.54, 1.807) is 30.5 Å². The number of halogens is 2. The molecular weight excluding hydrogens is 305 g/mol. The first kappa shape index (κ1) is 12.3. The molecule has 6 heteroatoms. The third-order valence-electron chi connectivity index (χ3n) is 2.09. The van der Waals surface area contributed by atoms with E-state index in [4.69, 9.17) is 22.1 Å². The average Bonchev–Trinajstić information content (AvgIpc) is 2.33. The Morgan fingerprint density at radius 2 is 2.18 bits per heavy atom. The highest BCUT2D eigenvalue weighted by molar-refractivity contribution is 9.10. The van der Waals surface area contributed by atoms with E-state index in [1.165, 1.54) is 0 Å². The van der Waals surface area contributed by atoms with Gasteiger partial charge in [0.1, 0.15) is 5.75 Å². The molecule has 0 aliphatic carbocycles. The van der Waals surface area contributed by atoms with Crippen LogP contribution in [-0.4, -0.2) is 10.2 Å². The molecule has 0 atom stereocenters. The first-order chi connectivity index (χ1) is 8.20. The first-order valence-corrected chi connectivity index (χ1v) is 6.01. The molecule has 0 aliphatic rings. The van der Waals surface area contributed by atoms with Crippen LogP contribution in [-0.2, 0) is 6.54 Å². The van der Waals surface area contributed by atoms with Gasteiger partial charge in [-0.1, -0.05) is 11.6 Å². The van der Waals surface area contributed by atoms with Crippen molar-refractivity contribution in [3.05, 3.63) is 45.5 Å². The highest BCUT2D eigenvalue weighted by atomic mass is 79.9. The van der Waals surface area contributed by atoms with Crippen LogP contribution >= 0.6 is 27.5 Å². The minimum Gasteiger partial charge on any atom is -0.436 e. The summed E-state index contributed by atoms with van der Waals surface area (Å²) in [5.41, 5.74) is 6.38. The molecule has 17 heavy (non-hydrogen) atoms. The van der Waals surface area contributed by atoms with E-state index < -0.39 is 0 Å². The van der Waals surface area contributed by atoms with Gasteiger partial charge in [0.2, 0.25) is 5.88 Å². The van der Waals surface area contributed by atoms with Crippen molar-refractivity contribution in [2.24, 2.45) is 5.73 Å². The van der Waals surface area contributed by atoms with Gasteiger partial charge in [-0.05, 0) is 40.2 Å². The van der Waals surface area contributed by atoms with E-state index in [9.17, 15) is 0 Å². The molecule has 0 aliphatic heterocycles. The molecule has 2 rings (SSSR count). The topological polar surface area (TPSA) is 61.0 Å². The average molecular weight is 315 g/mol. The molecule has 2 aromatic rings. The second-order valence-corrected chi connectivity index (χ2v) is 4.53. The molecule has 1 aromatic heterocycles. The lowest BCUT2D eigenvalue weighted by molar-refractivity contribution is 0.446. The summed E-state index contributed by atoms with van der Waals surface area (Å²) in [6.07, 6.45) is 1.58. The summed E-state index contributed by atoms with van der Waals surface area (Å²) in [5, 5.41) is 8.29. The van der Waals surface area contributed by atoms with E-state index in [0.717, 1.165) is 10.0 Å². The molecular formula is C11H9BrClN3O. The summed E-state index contributed by atoms with van der Waals surface area (Å²) in [6, 6.07) is 7.00. The molecule has 0 amide bonds. The number of ether oxygens (including phenoxy) is 1. The number of nitrogens with zero attached hydrogens (tertiary/aromatic N) is 2. The van der Waals surface area contributed by atoms with Crippen molar-refractivity contribution in [3.8, 4) is 11.6 Å². The Kier molecular flexibility index (Phi) is 3.93. The van der Waals surface area contributed by atoms with Gasteiger partial charge in [0, 0.05) is 17.1 Å². The van der Waals surface area contributed by atoms with Crippen LogP contribution in [0.4, 0.5) is 0 Å². The molecule has 0 saturated heterocycles. The Hall–Kier alpha value is -1.17. The monoisotopic (exact) mass is 313 g/mol. The summed E-state index contributed by atoms with van der Waals surface area (Å²) < 4.78 is 6.38. The normalized spacial score (nSPS) is 10.3. The molecule has 0 spiro atoms. The maximum atomic E-state index is 5.84. The van der Waals surface area contributed by atoms with Gasteiger partial charge >= 0.3 is 0 Å². The number of rotatable bonds is 3. The SMILES string of the molecule is NCc1ccnnc1Oc1ccc(Cl)cc1Br. The Balaban J connectivity index is 2.31. The number of benzene rings is 1. The quantitative estimate of drug-likeness (QED) is 0.945. The zero-order valence-corrected chi connectivity index (χ0v) is 11.1. The first-order valence-electron chi connectivity index (χ1n) is 4.84. The van der Waals surface area contributed by atoms with Gasteiger partial charge in [0.25, 0.3) is 0 Å². The van der Waals surface area contributed by atoms with Crippen molar-refractivity contribution in [1.82, 2.24) is 10.2 Å². The van der Waals surface area contributed by atoms with Gasteiger partial charge in [-0.15, -0.1) is 5.10 Å². The zero-order valence-electron chi connectivity index (χ0n) is 8.73. The number of aromatic nitrogens is 2. The molecule has 4 nitrogen and oxygen atoms in total. The predicted octanol–water partition coefficient (Wildman–Crippen LogP) is 3.14. The molecule has 0 fully saturated rings. The maximum Gasteiger partial charge on any atom is 0.243 e. The van der Waals surface area contributed by atoms with Gasteiger partial charge in [-0.2, -0.15) is 5.10 Å². The van der Waals surface area contributed by atoms with Crippen molar-refractivity contribution < 1.29 is 4.74 Å². The molecule has 88 valence electrons. The van der Waals surface area contributed by atoms with Gasteiger partial charge in [-0.3, -0.25) is 0 Å². The number of nitrogens with two attached hydrogens (primary N) is 1. The van der Waals surface area contributed by atoms with Crippen LogP contribution in [0.25, 0.3) is 0 Å². The van der Waals surface area contributed by atoms with Gasteiger partial charge in [0.15, 0.2) is 0 Å². The van der Waals surface area contributed by atoms with Crippen LogP contribution in [0.3, 0.4) is 0 Å². The highest BCUT2D eigenvalue weighted by Crippen LogP contribution is 2.31. The molecule has 0 radical (unpaired) electrons. The van der Waals surface area contributed by atoms with E-state index in [0.29, 0.717) is 23.2 Å². The summed E-state index contributed by atoms with van der Waals surface area (Å²) in [4.78, 5) is 0. The van der Waals surface area contributed by atoms with Crippen LogP contribution in [0.15, 0.2) is 34.9 Å². The maximum absolute atomic E-state index is 5.84. The lowest BCUT2D eigenvalue weighted by atomic mass is 10.3. The van der Waals surface area contributed by atoms with Crippen LogP contribution in [0.5, 0.6) is 11.6 Å². The molecule has 0 unspecified atom stereocenters. The summed E-state index contributed by atoms with van der Waals surface area (Å²) in [5.74, 6) is 1.02. The van der Waals surface area contributed by atoms with Gasteiger partial charge < -0.3 is 10.5 Å². The van der Waals surface area contributed by atoms with Gasteiger partial charge in [0.05, 0.1) is 10.7 Å². The third-order valence-corrected chi connectivity index (χ3v) is 2.94. The fourth-order valence-corrected chi connectivity index (χ4v) is 2.01. The van der Waals surface area contributed by atoms with Crippen LogP contribution in [0, 0.1) is 0 Å². The second kappa shape index (κ2) is 5.44. The smallest absolute Gasteiger partial charge is 0.243 e. The van der Waals surface area contributed by atoms with Gasteiger partial charge in [-0.25, -0.2) is 0 Å². The summed E-state index contributed by atoms with van der Waals surface area (Å²) in [7, 11) is 0. The zero-order chi connectivity index (χ0) is 12.3.